The summed E-state index contributed by atoms with van der Waals surface area (Å²) in [7, 11) is 0. The van der Waals surface area contributed by atoms with Gasteiger partial charge in [0, 0.05) is 34.8 Å². The number of nitrogens with zero attached hydrogens (tertiary/aromatic N) is 1. The monoisotopic (exact) mass is 396 g/mol. The fraction of sp³-hybridized carbons (Fsp3) is 0.227. The molecule has 1 atom stereocenters. The molecule has 1 aliphatic heterocycles. The molecule has 0 radical (unpaired) electrons. The number of ether oxygens (including phenoxy) is 1. The Morgan fingerprint density at radius 3 is 2.89 bits per heavy atom. The summed E-state index contributed by atoms with van der Waals surface area (Å²) in [6.07, 6.45) is 3.00. The maximum absolute atomic E-state index is 6.18. The summed E-state index contributed by atoms with van der Waals surface area (Å²) in [6, 6.07) is 20.6. The standard InChI is InChI=1S/C22H21ClN2OS/c23-18-6-2-5-17(14-18)21-8-3-9-25-22(21)27-20-7-1-4-16(13-20)12-19-15-24-10-11-26-19/h1-9,13-14,19,24H,10-12,15H2/t19-/m0/s1. The summed E-state index contributed by atoms with van der Waals surface area (Å²) >= 11 is 7.86. The van der Waals surface area contributed by atoms with Crippen LogP contribution in [0.25, 0.3) is 11.1 Å². The second-order valence-electron chi connectivity index (χ2n) is 6.52. The number of benzene rings is 2. The molecule has 0 amide bonds. The molecule has 3 aromatic rings. The van der Waals surface area contributed by atoms with Crippen LogP contribution in [-0.2, 0) is 11.2 Å². The van der Waals surface area contributed by atoms with Gasteiger partial charge in [-0.25, -0.2) is 4.98 Å². The van der Waals surface area contributed by atoms with Crippen LogP contribution in [0.15, 0.2) is 76.8 Å². The smallest absolute Gasteiger partial charge is 0.109 e. The lowest BCUT2D eigenvalue weighted by Crippen LogP contribution is -2.39. The first-order valence-electron chi connectivity index (χ1n) is 9.08. The molecular weight excluding hydrogens is 376 g/mol. The molecule has 2 heterocycles. The summed E-state index contributed by atoms with van der Waals surface area (Å²) in [5.74, 6) is 0. The van der Waals surface area contributed by atoms with Crippen LogP contribution in [0.1, 0.15) is 5.56 Å². The van der Waals surface area contributed by atoms with E-state index < -0.39 is 0 Å². The normalized spacial score (nSPS) is 17.0. The van der Waals surface area contributed by atoms with E-state index >= 15 is 0 Å². The first-order valence-corrected chi connectivity index (χ1v) is 10.3. The fourth-order valence-corrected chi connectivity index (χ4v) is 4.39. The van der Waals surface area contributed by atoms with Gasteiger partial charge in [-0.05, 0) is 47.9 Å². The molecule has 0 bridgehead atoms. The third-order valence-electron chi connectivity index (χ3n) is 4.49. The fourth-order valence-electron chi connectivity index (χ4n) is 3.21. The Morgan fingerprint density at radius 1 is 1.11 bits per heavy atom. The topological polar surface area (TPSA) is 34.2 Å². The van der Waals surface area contributed by atoms with Crippen molar-refractivity contribution in [3.8, 4) is 11.1 Å². The average molecular weight is 397 g/mol. The summed E-state index contributed by atoms with van der Waals surface area (Å²) in [5.41, 5.74) is 3.46. The van der Waals surface area contributed by atoms with Crippen LogP contribution >= 0.6 is 23.4 Å². The molecule has 1 fully saturated rings. The van der Waals surface area contributed by atoms with Gasteiger partial charge in [0.1, 0.15) is 5.03 Å². The highest BCUT2D eigenvalue weighted by molar-refractivity contribution is 7.99. The zero-order chi connectivity index (χ0) is 18.5. The third kappa shape index (κ3) is 4.90. The van der Waals surface area contributed by atoms with Crippen LogP contribution in [0.2, 0.25) is 5.02 Å². The van der Waals surface area contributed by atoms with Gasteiger partial charge in [-0.3, -0.25) is 0 Å². The van der Waals surface area contributed by atoms with E-state index in [0.717, 1.165) is 47.3 Å². The van der Waals surface area contributed by atoms with Crippen molar-refractivity contribution in [2.75, 3.05) is 19.7 Å². The van der Waals surface area contributed by atoms with Gasteiger partial charge in [-0.1, -0.05) is 53.7 Å². The molecule has 5 heteroatoms. The highest BCUT2D eigenvalue weighted by atomic mass is 35.5. The molecule has 4 rings (SSSR count). The Balaban J connectivity index is 1.55. The highest BCUT2D eigenvalue weighted by Crippen LogP contribution is 2.35. The van der Waals surface area contributed by atoms with Gasteiger partial charge < -0.3 is 10.1 Å². The van der Waals surface area contributed by atoms with Crippen LogP contribution in [-0.4, -0.2) is 30.8 Å². The maximum Gasteiger partial charge on any atom is 0.109 e. The summed E-state index contributed by atoms with van der Waals surface area (Å²) in [5, 5.41) is 5.10. The Kier molecular flexibility index (Phi) is 6.10. The molecule has 3 nitrogen and oxygen atoms in total. The zero-order valence-electron chi connectivity index (χ0n) is 14.9. The number of rotatable bonds is 5. The van der Waals surface area contributed by atoms with Crippen molar-refractivity contribution in [1.29, 1.82) is 0 Å². The molecule has 0 unspecified atom stereocenters. The molecule has 0 saturated carbocycles. The van der Waals surface area contributed by atoms with Crippen molar-refractivity contribution in [2.24, 2.45) is 0 Å². The number of pyridine rings is 1. The second-order valence-corrected chi connectivity index (χ2v) is 8.02. The van der Waals surface area contributed by atoms with E-state index in [1.165, 1.54) is 10.5 Å². The van der Waals surface area contributed by atoms with E-state index in [1.807, 2.05) is 30.5 Å². The van der Waals surface area contributed by atoms with E-state index in [9.17, 15) is 0 Å². The van der Waals surface area contributed by atoms with Crippen LogP contribution in [0.5, 0.6) is 0 Å². The van der Waals surface area contributed by atoms with Crippen molar-refractivity contribution in [3.63, 3.8) is 0 Å². The predicted octanol–water partition coefficient (Wildman–Crippen LogP) is 5.08. The zero-order valence-corrected chi connectivity index (χ0v) is 16.5. The highest BCUT2D eigenvalue weighted by Gasteiger charge is 2.14. The molecule has 1 N–H and O–H groups in total. The number of nitrogens with one attached hydrogen (secondary N) is 1. The first-order chi connectivity index (χ1) is 13.3. The SMILES string of the molecule is Clc1cccc(-c2cccnc2Sc2cccc(C[C@H]3CNCCO3)c2)c1. The Morgan fingerprint density at radius 2 is 2.04 bits per heavy atom. The van der Waals surface area contributed by atoms with Crippen LogP contribution in [0.3, 0.4) is 0 Å². The van der Waals surface area contributed by atoms with E-state index in [4.69, 9.17) is 16.3 Å². The van der Waals surface area contributed by atoms with E-state index in [0.29, 0.717) is 0 Å². The number of hydrogen-bond acceptors (Lipinski definition) is 4. The van der Waals surface area contributed by atoms with Crippen molar-refractivity contribution in [1.82, 2.24) is 10.3 Å². The quantitative estimate of drug-likeness (QED) is 0.651. The first kappa shape index (κ1) is 18.5. The van der Waals surface area contributed by atoms with Gasteiger partial charge >= 0.3 is 0 Å². The number of morpholine rings is 1. The lowest BCUT2D eigenvalue weighted by molar-refractivity contribution is 0.0292. The Labute approximate surface area is 169 Å². The predicted molar refractivity (Wildman–Crippen MR) is 112 cm³/mol. The van der Waals surface area contributed by atoms with Crippen molar-refractivity contribution < 1.29 is 4.74 Å². The number of hydrogen-bond donors (Lipinski definition) is 1. The third-order valence-corrected chi connectivity index (χ3v) is 5.73. The second kappa shape index (κ2) is 8.89. The van der Waals surface area contributed by atoms with Crippen molar-refractivity contribution in [3.05, 3.63) is 77.4 Å². The Bertz CT molecular complexity index is 912. The number of aromatic nitrogens is 1. The molecule has 27 heavy (non-hydrogen) atoms. The molecule has 2 aromatic carbocycles. The van der Waals surface area contributed by atoms with Crippen molar-refractivity contribution in [2.45, 2.75) is 22.4 Å². The Hall–Kier alpha value is -1.85. The molecule has 0 aliphatic carbocycles. The van der Waals surface area contributed by atoms with E-state index in [1.54, 1.807) is 11.8 Å². The van der Waals surface area contributed by atoms with Crippen LogP contribution < -0.4 is 5.32 Å². The summed E-state index contributed by atoms with van der Waals surface area (Å²) in [6.45, 7) is 2.64. The largest absolute Gasteiger partial charge is 0.375 e. The molecule has 1 aromatic heterocycles. The minimum absolute atomic E-state index is 0.246. The van der Waals surface area contributed by atoms with Gasteiger partial charge in [-0.2, -0.15) is 0 Å². The summed E-state index contributed by atoms with van der Waals surface area (Å²) in [4.78, 5) is 5.79. The summed E-state index contributed by atoms with van der Waals surface area (Å²) < 4.78 is 5.83. The average Bonchev–Trinajstić information content (AvgIpc) is 2.69. The molecule has 138 valence electrons. The van der Waals surface area contributed by atoms with Gasteiger partial charge in [0.2, 0.25) is 0 Å². The lowest BCUT2D eigenvalue weighted by atomic mass is 10.1. The minimum Gasteiger partial charge on any atom is -0.375 e. The molecule has 0 spiro atoms. The van der Waals surface area contributed by atoms with Gasteiger partial charge in [0.05, 0.1) is 12.7 Å². The van der Waals surface area contributed by atoms with Gasteiger partial charge in [0.15, 0.2) is 0 Å². The van der Waals surface area contributed by atoms with Crippen LogP contribution in [0, 0.1) is 0 Å². The van der Waals surface area contributed by atoms with E-state index in [-0.39, 0.29) is 6.10 Å². The van der Waals surface area contributed by atoms with E-state index in [2.05, 4.69) is 46.7 Å². The van der Waals surface area contributed by atoms with Crippen LogP contribution in [0.4, 0.5) is 0 Å². The maximum atomic E-state index is 6.18. The number of halogens is 1. The molecular formula is C22H21ClN2OS. The minimum atomic E-state index is 0.246. The molecule has 1 saturated heterocycles. The van der Waals surface area contributed by atoms with Crippen molar-refractivity contribution >= 4 is 23.4 Å². The van der Waals surface area contributed by atoms with Gasteiger partial charge in [0.25, 0.3) is 0 Å². The van der Waals surface area contributed by atoms with Gasteiger partial charge in [-0.15, -0.1) is 0 Å². The molecule has 1 aliphatic rings. The lowest BCUT2D eigenvalue weighted by Gasteiger charge is -2.23.